The van der Waals surface area contributed by atoms with Crippen LogP contribution >= 0.6 is 0 Å². The molecule has 4 aromatic rings. The maximum Gasteiger partial charge on any atom is 0.251 e. The lowest BCUT2D eigenvalue weighted by atomic mass is 9.63. The summed E-state index contributed by atoms with van der Waals surface area (Å²) in [5, 5.41) is 9.01. The molecule has 0 saturated heterocycles. The lowest BCUT2D eigenvalue weighted by Crippen LogP contribution is -2.33. The number of fused-ring (bicyclic) bond motifs is 2. The Morgan fingerprint density at radius 2 is 0.902 bits per heavy atom. The molecule has 446 valence electrons. The SMILES string of the molecule is CCCOCCC(=O)NCCCOCCOCCOCCCNC(=O)[C@@H](CCCCNC(=O)c1ccc(/C=C(\C)c2ccc3c(c2)C(C)(C)CCC3(C)C)cc1)CC(=O)c1ccc(/C=C(\C)c2ccc3c(c2)C(C)(C)CCC3(C)C)cc1. The minimum absolute atomic E-state index is 0.0115. The average molecular weight is 1120 g/mol. The van der Waals surface area contributed by atoms with Crippen LogP contribution in [-0.4, -0.2) is 96.0 Å². The summed E-state index contributed by atoms with van der Waals surface area (Å²) in [4.78, 5) is 52.8. The fraction of sp³-hybridized carbons (Fsp3) is 0.549. The van der Waals surface area contributed by atoms with Gasteiger partial charge in [-0.05, 0) is 161 Å². The molecule has 0 heterocycles. The van der Waals surface area contributed by atoms with Gasteiger partial charge in [0.05, 0.1) is 33.0 Å². The average Bonchev–Trinajstić information content (AvgIpc) is 2.41. The van der Waals surface area contributed by atoms with E-state index in [1.807, 2.05) is 55.5 Å². The number of amides is 3. The second-order valence-electron chi connectivity index (χ2n) is 25.6. The smallest absolute Gasteiger partial charge is 0.251 e. The van der Waals surface area contributed by atoms with Crippen LogP contribution < -0.4 is 16.0 Å². The molecule has 0 bridgehead atoms. The monoisotopic (exact) mass is 1120 g/mol. The molecule has 6 rings (SSSR count). The van der Waals surface area contributed by atoms with Gasteiger partial charge < -0.3 is 34.9 Å². The third-order valence-electron chi connectivity index (χ3n) is 17.0. The van der Waals surface area contributed by atoms with E-state index >= 15 is 0 Å². The van der Waals surface area contributed by atoms with Gasteiger partial charge in [0.15, 0.2) is 5.78 Å². The van der Waals surface area contributed by atoms with Crippen LogP contribution in [0.5, 0.6) is 0 Å². The molecule has 3 amide bonds. The highest BCUT2D eigenvalue weighted by Crippen LogP contribution is 2.48. The predicted octanol–water partition coefficient (Wildman–Crippen LogP) is 14.2. The summed E-state index contributed by atoms with van der Waals surface area (Å²) in [7, 11) is 0. The van der Waals surface area contributed by atoms with Gasteiger partial charge in [0.2, 0.25) is 11.8 Å². The van der Waals surface area contributed by atoms with E-state index in [0.717, 1.165) is 36.0 Å². The zero-order valence-electron chi connectivity index (χ0n) is 51.8. The Morgan fingerprint density at radius 3 is 1.40 bits per heavy atom. The summed E-state index contributed by atoms with van der Waals surface area (Å²) < 4.78 is 22.4. The van der Waals surface area contributed by atoms with Crippen LogP contribution in [0.4, 0.5) is 0 Å². The molecule has 0 aromatic heterocycles. The van der Waals surface area contributed by atoms with Crippen LogP contribution in [-0.2, 0) is 50.2 Å². The topological polar surface area (TPSA) is 141 Å². The van der Waals surface area contributed by atoms with Gasteiger partial charge >= 0.3 is 0 Å². The van der Waals surface area contributed by atoms with E-state index in [0.29, 0.717) is 116 Å². The highest BCUT2D eigenvalue weighted by molar-refractivity contribution is 5.99. The van der Waals surface area contributed by atoms with Crippen LogP contribution in [0.25, 0.3) is 23.3 Å². The minimum atomic E-state index is -0.530. The van der Waals surface area contributed by atoms with Gasteiger partial charge in [-0.2, -0.15) is 0 Å². The number of benzene rings is 4. The molecule has 0 fully saturated rings. The maximum atomic E-state index is 13.9. The zero-order valence-corrected chi connectivity index (χ0v) is 51.8. The van der Waals surface area contributed by atoms with Gasteiger partial charge in [-0.15, -0.1) is 0 Å². The van der Waals surface area contributed by atoms with Crippen molar-refractivity contribution >= 4 is 46.8 Å². The summed E-state index contributed by atoms with van der Waals surface area (Å²) in [5.41, 5.74) is 14.3. The first-order valence-electron chi connectivity index (χ1n) is 30.6. The lowest BCUT2D eigenvalue weighted by Gasteiger charge is -2.42. The molecule has 82 heavy (non-hydrogen) atoms. The first kappa shape index (κ1) is 65.4. The Hall–Kier alpha value is -5.72. The molecule has 3 N–H and O–H groups in total. The number of carbonyl (C=O) groups excluding carboxylic acids is 4. The number of allylic oxidation sites excluding steroid dienone is 2. The number of rotatable bonds is 33. The molecule has 0 aliphatic heterocycles. The summed E-state index contributed by atoms with van der Waals surface area (Å²) in [6.45, 7) is 30.4. The molecule has 0 radical (unpaired) electrons. The van der Waals surface area contributed by atoms with E-state index in [1.165, 1.54) is 58.2 Å². The third kappa shape index (κ3) is 19.7. The molecular formula is C71H99N3O8. The van der Waals surface area contributed by atoms with Gasteiger partial charge in [0.1, 0.15) is 0 Å². The number of hydrogen-bond donors (Lipinski definition) is 3. The summed E-state index contributed by atoms with van der Waals surface area (Å²) in [6.07, 6.45) is 13.6. The second kappa shape index (κ2) is 31.3. The Kier molecular flexibility index (Phi) is 24.9. The highest BCUT2D eigenvalue weighted by Gasteiger charge is 2.38. The minimum Gasteiger partial charge on any atom is -0.381 e. The molecule has 0 unspecified atom stereocenters. The van der Waals surface area contributed by atoms with E-state index in [-0.39, 0.29) is 51.6 Å². The number of Topliss-reactive ketones (excluding diaryl/α,β-unsaturated/α-hetero) is 1. The van der Waals surface area contributed by atoms with Crippen molar-refractivity contribution in [3.63, 3.8) is 0 Å². The molecule has 2 aliphatic rings. The Labute approximate surface area is 492 Å². The summed E-state index contributed by atoms with van der Waals surface area (Å²) in [5.74, 6) is -0.916. The van der Waals surface area contributed by atoms with Crippen molar-refractivity contribution in [2.45, 2.75) is 175 Å². The van der Waals surface area contributed by atoms with Crippen LogP contribution in [0.15, 0.2) is 84.9 Å². The van der Waals surface area contributed by atoms with E-state index in [4.69, 9.17) is 18.9 Å². The van der Waals surface area contributed by atoms with Crippen molar-refractivity contribution < 1.29 is 38.1 Å². The highest BCUT2D eigenvalue weighted by atomic mass is 16.5. The quantitative estimate of drug-likeness (QED) is 0.0243. The van der Waals surface area contributed by atoms with E-state index in [2.05, 4.69) is 134 Å². The van der Waals surface area contributed by atoms with Gasteiger partial charge in [0, 0.05) is 69.3 Å². The third-order valence-corrected chi connectivity index (χ3v) is 17.0. The largest absolute Gasteiger partial charge is 0.381 e. The summed E-state index contributed by atoms with van der Waals surface area (Å²) >= 11 is 0. The number of nitrogens with one attached hydrogen (secondary N) is 3. The molecule has 0 spiro atoms. The Bertz CT molecular complexity index is 2790. The number of hydrogen-bond acceptors (Lipinski definition) is 8. The summed E-state index contributed by atoms with van der Waals surface area (Å²) in [6, 6.07) is 29.3. The Balaban J connectivity index is 0.961. The van der Waals surface area contributed by atoms with Crippen LogP contribution in [0, 0.1) is 5.92 Å². The Morgan fingerprint density at radius 1 is 0.476 bits per heavy atom. The van der Waals surface area contributed by atoms with Crippen molar-refractivity contribution in [2.24, 2.45) is 5.92 Å². The fourth-order valence-corrected chi connectivity index (χ4v) is 11.3. The van der Waals surface area contributed by atoms with Crippen molar-refractivity contribution in [3.8, 4) is 0 Å². The first-order chi connectivity index (χ1) is 39.1. The van der Waals surface area contributed by atoms with Gasteiger partial charge in [-0.25, -0.2) is 0 Å². The predicted molar refractivity (Wildman–Crippen MR) is 335 cm³/mol. The van der Waals surface area contributed by atoms with Gasteiger partial charge in [-0.3, -0.25) is 19.2 Å². The maximum absolute atomic E-state index is 13.9. The van der Waals surface area contributed by atoms with E-state index in [9.17, 15) is 19.2 Å². The molecular weight excluding hydrogens is 1020 g/mol. The van der Waals surface area contributed by atoms with Gasteiger partial charge in [0.25, 0.3) is 5.91 Å². The molecule has 4 aromatic carbocycles. The van der Waals surface area contributed by atoms with Crippen LogP contribution in [0.3, 0.4) is 0 Å². The van der Waals surface area contributed by atoms with E-state index in [1.54, 1.807) is 0 Å². The van der Waals surface area contributed by atoms with Crippen molar-refractivity contribution in [1.82, 2.24) is 16.0 Å². The number of ketones is 1. The fourth-order valence-electron chi connectivity index (χ4n) is 11.3. The number of carbonyl (C=O) groups is 4. The molecule has 1 atom stereocenters. The van der Waals surface area contributed by atoms with Crippen molar-refractivity contribution in [2.75, 3.05) is 72.5 Å². The molecule has 11 nitrogen and oxygen atoms in total. The standard InChI is InChI=1S/C71H99N3O8/c1-12-38-79-41-30-65(76)72-36-15-39-80-42-44-82-45-43-81-40-16-37-74-67(78)59(50-64(75)55-22-18-53(19-23-55)46-51(2)57-26-28-60-62(48-57)70(8,9)33-31-68(60,4)5)17-13-14-35-73-66(77)56-24-20-54(21-25-56)47-52(3)58-27-29-61-63(49-58)71(10,11)34-32-69(61,6)7/h18-29,46-49,59H,12-17,30-45,50H2,1-11H3,(H,72,76)(H,73,77)(H,74,78)/b51-46+,52-47+/t59-/m0/s1. The molecule has 2 aliphatic carbocycles. The van der Waals surface area contributed by atoms with Crippen molar-refractivity contribution in [1.29, 1.82) is 0 Å². The van der Waals surface area contributed by atoms with Crippen LogP contribution in [0.2, 0.25) is 0 Å². The number of ether oxygens (including phenoxy) is 4. The number of unbranched alkanes of at least 4 members (excludes halogenated alkanes) is 1. The molecule has 0 saturated carbocycles. The first-order valence-corrected chi connectivity index (χ1v) is 30.6. The van der Waals surface area contributed by atoms with E-state index < -0.39 is 5.92 Å². The van der Waals surface area contributed by atoms with Crippen molar-refractivity contribution in [3.05, 3.63) is 141 Å². The molecule has 11 heteroatoms. The normalized spacial score (nSPS) is 16.4. The lowest BCUT2D eigenvalue weighted by molar-refractivity contribution is -0.125. The van der Waals surface area contributed by atoms with Gasteiger partial charge in [-0.1, -0.05) is 154 Å². The zero-order chi connectivity index (χ0) is 59.3. The second-order valence-corrected chi connectivity index (χ2v) is 25.6. The van der Waals surface area contributed by atoms with Crippen LogP contribution in [0.1, 0.15) is 218 Å².